The lowest BCUT2D eigenvalue weighted by atomic mass is 10.0. The van der Waals surface area contributed by atoms with Crippen molar-refractivity contribution in [3.8, 4) is 0 Å². The van der Waals surface area contributed by atoms with E-state index in [1.165, 1.54) is 49.4 Å². The van der Waals surface area contributed by atoms with E-state index >= 15 is 0 Å². The van der Waals surface area contributed by atoms with Crippen molar-refractivity contribution in [2.24, 2.45) is 23.7 Å². The van der Waals surface area contributed by atoms with Crippen LogP contribution in [0.4, 0.5) is 0 Å². The average molecular weight is 220 g/mol. The van der Waals surface area contributed by atoms with Crippen molar-refractivity contribution in [1.82, 2.24) is 0 Å². The Morgan fingerprint density at radius 1 is 0.312 bits per heavy atom. The minimum atomic E-state index is 1.18. The van der Waals surface area contributed by atoms with E-state index in [1.54, 1.807) is 51.4 Å². The number of fused-ring (bicyclic) bond motifs is 2. The normalized spacial score (nSPS) is 45.0. The van der Waals surface area contributed by atoms with Gasteiger partial charge in [0.05, 0.1) is 0 Å². The van der Waals surface area contributed by atoms with Crippen LogP contribution in [0, 0.1) is 23.7 Å². The van der Waals surface area contributed by atoms with Crippen LogP contribution >= 0.6 is 0 Å². The van der Waals surface area contributed by atoms with Crippen molar-refractivity contribution in [3.05, 3.63) is 0 Å². The van der Waals surface area contributed by atoms with Crippen molar-refractivity contribution in [1.29, 1.82) is 0 Å². The molecule has 0 saturated heterocycles. The minimum Gasteiger partial charge on any atom is -0.0528 e. The van der Waals surface area contributed by atoms with Gasteiger partial charge in [-0.2, -0.15) is 0 Å². The number of hydrogen-bond donors (Lipinski definition) is 0. The Bertz CT molecular complexity index is 156. The van der Waals surface area contributed by atoms with Crippen LogP contribution in [0.1, 0.15) is 77.0 Å². The van der Waals surface area contributed by atoms with Gasteiger partial charge in [0, 0.05) is 0 Å². The summed E-state index contributed by atoms with van der Waals surface area (Å²) >= 11 is 0. The highest BCUT2D eigenvalue weighted by Crippen LogP contribution is 2.44. The first kappa shape index (κ1) is 11.1. The third-order valence-corrected chi connectivity index (χ3v) is 5.93. The molecule has 0 spiro atoms. The molecule has 0 aromatic heterocycles. The second-order valence-corrected chi connectivity index (χ2v) is 6.76. The van der Waals surface area contributed by atoms with Crippen LogP contribution in [0.2, 0.25) is 0 Å². The summed E-state index contributed by atoms with van der Waals surface area (Å²) in [6.07, 6.45) is 18.6. The van der Waals surface area contributed by atoms with E-state index in [4.69, 9.17) is 0 Å². The predicted molar refractivity (Wildman–Crippen MR) is 69.4 cm³/mol. The smallest absolute Gasteiger partial charge is 0.0386 e. The molecule has 0 aliphatic heterocycles. The Morgan fingerprint density at radius 3 is 0.688 bits per heavy atom. The van der Waals surface area contributed by atoms with Crippen LogP contribution in [0.5, 0.6) is 0 Å². The second kappa shape index (κ2) is 5.10. The molecule has 0 bridgehead atoms. The molecule has 0 aromatic carbocycles. The maximum atomic E-state index is 1.56. The summed E-state index contributed by atoms with van der Waals surface area (Å²) in [6, 6.07) is 0. The fourth-order valence-electron chi connectivity index (χ4n) is 5.03. The van der Waals surface area contributed by atoms with Gasteiger partial charge in [-0.25, -0.2) is 0 Å². The maximum absolute atomic E-state index is 1.56. The van der Waals surface area contributed by atoms with Gasteiger partial charge in [-0.1, -0.05) is 77.0 Å². The quantitative estimate of drug-likeness (QED) is 0.528. The van der Waals surface area contributed by atoms with E-state index in [-0.39, 0.29) is 0 Å². The van der Waals surface area contributed by atoms with Gasteiger partial charge in [0.25, 0.3) is 0 Å². The first-order valence-corrected chi connectivity index (χ1v) is 7.93. The first-order valence-electron chi connectivity index (χ1n) is 7.93. The zero-order chi connectivity index (χ0) is 10.8. The van der Waals surface area contributed by atoms with Gasteiger partial charge in [0.1, 0.15) is 0 Å². The van der Waals surface area contributed by atoms with Gasteiger partial charge in [-0.15, -0.1) is 0 Å². The molecule has 0 atom stereocenters. The molecule has 0 heteroatoms. The molecule has 0 radical (unpaired) electrons. The van der Waals surface area contributed by atoms with Crippen LogP contribution in [0.3, 0.4) is 0 Å². The standard InChI is InChI=1S/2C8H14/c2*1-3-7-5-2-6-8(7)4-1/h2*7-8H,1-6H2. The molecule has 0 unspecified atom stereocenters. The molecule has 0 nitrogen and oxygen atoms in total. The molecule has 0 heterocycles. The molecule has 4 fully saturated rings. The highest BCUT2D eigenvalue weighted by molar-refractivity contribution is 4.83. The van der Waals surface area contributed by atoms with E-state index in [1.807, 2.05) is 0 Å². The molecular formula is C16H28. The third-order valence-electron chi connectivity index (χ3n) is 5.93. The lowest BCUT2D eigenvalue weighted by Crippen LogP contribution is -1.95. The monoisotopic (exact) mass is 220 g/mol. The summed E-state index contributed by atoms with van der Waals surface area (Å²) in [7, 11) is 0. The number of rotatable bonds is 0. The van der Waals surface area contributed by atoms with E-state index in [0.29, 0.717) is 0 Å². The average Bonchev–Trinajstić information content (AvgIpc) is 2.99. The highest BCUT2D eigenvalue weighted by Gasteiger charge is 2.31. The van der Waals surface area contributed by atoms with Crippen molar-refractivity contribution in [3.63, 3.8) is 0 Å². The Kier molecular flexibility index (Phi) is 3.54. The summed E-state index contributed by atoms with van der Waals surface area (Å²) in [4.78, 5) is 0. The van der Waals surface area contributed by atoms with E-state index in [9.17, 15) is 0 Å². The van der Waals surface area contributed by atoms with Crippen LogP contribution < -0.4 is 0 Å². The van der Waals surface area contributed by atoms with Crippen molar-refractivity contribution in [2.75, 3.05) is 0 Å². The van der Waals surface area contributed by atoms with Gasteiger partial charge in [0.15, 0.2) is 0 Å². The zero-order valence-corrected chi connectivity index (χ0v) is 10.8. The molecule has 4 saturated carbocycles. The molecule has 4 aliphatic rings. The van der Waals surface area contributed by atoms with Crippen LogP contribution in [0.25, 0.3) is 0 Å². The summed E-state index contributed by atoms with van der Waals surface area (Å²) in [6.45, 7) is 0. The Hall–Kier alpha value is 0. The fourth-order valence-corrected chi connectivity index (χ4v) is 5.03. The minimum absolute atomic E-state index is 1.18. The van der Waals surface area contributed by atoms with Gasteiger partial charge in [-0.05, 0) is 23.7 Å². The summed E-state index contributed by atoms with van der Waals surface area (Å²) < 4.78 is 0. The molecule has 16 heavy (non-hydrogen) atoms. The topological polar surface area (TPSA) is 0 Å². The van der Waals surface area contributed by atoms with Crippen LogP contribution in [-0.2, 0) is 0 Å². The lowest BCUT2D eigenvalue weighted by Gasteiger charge is -2.04. The molecule has 4 aliphatic carbocycles. The van der Waals surface area contributed by atoms with Crippen molar-refractivity contribution < 1.29 is 0 Å². The molecule has 92 valence electrons. The molecular weight excluding hydrogens is 192 g/mol. The second-order valence-electron chi connectivity index (χ2n) is 6.76. The highest BCUT2D eigenvalue weighted by atomic mass is 14.4. The van der Waals surface area contributed by atoms with E-state index in [0.717, 1.165) is 0 Å². The SMILES string of the molecule is C1CC2CCCC2C1.C1CC2CCCC2C1. The fraction of sp³-hybridized carbons (Fsp3) is 1.00. The largest absolute Gasteiger partial charge is 0.0528 e. The van der Waals surface area contributed by atoms with E-state index < -0.39 is 0 Å². The molecule has 0 N–H and O–H groups in total. The van der Waals surface area contributed by atoms with Gasteiger partial charge in [-0.3, -0.25) is 0 Å². The van der Waals surface area contributed by atoms with Crippen molar-refractivity contribution >= 4 is 0 Å². The van der Waals surface area contributed by atoms with Gasteiger partial charge < -0.3 is 0 Å². The third kappa shape index (κ3) is 2.31. The Labute approximate surface area is 101 Å². The maximum Gasteiger partial charge on any atom is -0.0386 e. The Balaban J connectivity index is 0.000000101. The predicted octanol–water partition coefficient (Wildman–Crippen LogP) is 5.17. The molecule has 4 rings (SSSR count). The Morgan fingerprint density at radius 2 is 0.500 bits per heavy atom. The summed E-state index contributed by atoms with van der Waals surface area (Å²) in [5.74, 6) is 4.70. The zero-order valence-electron chi connectivity index (χ0n) is 10.8. The molecule has 0 amide bonds. The molecule has 0 aromatic rings. The van der Waals surface area contributed by atoms with E-state index in [2.05, 4.69) is 0 Å². The lowest BCUT2D eigenvalue weighted by molar-refractivity contribution is 0.457. The van der Waals surface area contributed by atoms with Gasteiger partial charge >= 0.3 is 0 Å². The summed E-state index contributed by atoms with van der Waals surface area (Å²) in [5.41, 5.74) is 0. The van der Waals surface area contributed by atoms with Crippen LogP contribution in [0.15, 0.2) is 0 Å². The van der Waals surface area contributed by atoms with Crippen molar-refractivity contribution in [2.45, 2.75) is 77.0 Å². The van der Waals surface area contributed by atoms with Gasteiger partial charge in [0.2, 0.25) is 0 Å². The number of hydrogen-bond acceptors (Lipinski definition) is 0. The van der Waals surface area contributed by atoms with Crippen LogP contribution in [-0.4, -0.2) is 0 Å². The first-order chi connectivity index (χ1) is 7.93. The summed E-state index contributed by atoms with van der Waals surface area (Å²) in [5, 5.41) is 0.